The zero-order valence-corrected chi connectivity index (χ0v) is 10.8. The topological polar surface area (TPSA) is 68.2 Å². The Balaban J connectivity index is 1.67. The Morgan fingerprint density at radius 3 is 2.17 bits per heavy atom. The van der Waals surface area contributed by atoms with Crippen molar-refractivity contribution >= 4 is 12.0 Å². The Morgan fingerprint density at radius 2 is 1.72 bits per heavy atom. The number of aromatic nitrogens is 2. The SMILES string of the molecule is CN(c1noc(N)n1)C12CC3CC(CC(C3)C1)C2. The van der Waals surface area contributed by atoms with Crippen LogP contribution in [0.4, 0.5) is 12.0 Å². The summed E-state index contributed by atoms with van der Waals surface area (Å²) in [4.78, 5) is 6.44. The van der Waals surface area contributed by atoms with E-state index in [2.05, 4.69) is 22.1 Å². The van der Waals surface area contributed by atoms with Crippen molar-refractivity contribution in [3.8, 4) is 0 Å². The van der Waals surface area contributed by atoms with E-state index in [1.54, 1.807) is 0 Å². The van der Waals surface area contributed by atoms with Crippen LogP contribution in [0.15, 0.2) is 4.52 Å². The fourth-order valence-electron chi connectivity index (χ4n) is 5.05. The molecule has 1 aromatic rings. The van der Waals surface area contributed by atoms with Crippen molar-refractivity contribution in [2.24, 2.45) is 17.8 Å². The van der Waals surface area contributed by atoms with E-state index < -0.39 is 0 Å². The van der Waals surface area contributed by atoms with Gasteiger partial charge in [-0.2, -0.15) is 4.98 Å². The van der Waals surface area contributed by atoms with Crippen molar-refractivity contribution in [3.63, 3.8) is 0 Å². The van der Waals surface area contributed by atoms with Gasteiger partial charge in [0.2, 0.25) is 0 Å². The molecule has 18 heavy (non-hydrogen) atoms. The van der Waals surface area contributed by atoms with Crippen molar-refractivity contribution in [1.82, 2.24) is 10.1 Å². The summed E-state index contributed by atoms with van der Waals surface area (Å²) in [5, 5.41) is 3.99. The van der Waals surface area contributed by atoms with Gasteiger partial charge in [-0.1, -0.05) is 0 Å². The molecule has 2 N–H and O–H groups in total. The minimum Gasteiger partial charge on any atom is -0.351 e. The lowest BCUT2D eigenvalue weighted by Crippen LogP contribution is -2.59. The van der Waals surface area contributed by atoms with E-state index in [0.717, 1.165) is 17.8 Å². The number of hydrogen-bond acceptors (Lipinski definition) is 5. The highest BCUT2D eigenvalue weighted by Gasteiger charge is 2.53. The van der Waals surface area contributed by atoms with Gasteiger partial charge < -0.3 is 15.2 Å². The van der Waals surface area contributed by atoms with E-state index in [-0.39, 0.29) is 11.6 Å². The quantitative estimate of drug-likeness (QED) is 0.867. The van der Waals surface area contributed by atoms with Crippen LogP contribution in [0.5, 0.6) is 0 Å². The summed E-state index contributed by atoms with van der Waals surface area (Å²) in [6, 6.07) is 0.168. The predicted octanol–water partition coefficient (Wildman–Crippen LogP) is 2.06. The van der Waals surface area contributed by atoms with Crippen molar-refractivity contribution in [3.05, 3.63) is 0 Å². The molecule has 4 bridgehead atoms. The minimum atomic E-state index is 0.168. The number of hydrogen-bond donors (Lipinski definition) is 1. The van der Waals surface area contributed by atoms with E-state index in [1.807, 2.05) is 0 Å². The maximum atomic E-state index is 5.54. The lowest BCUT2D eigenvalue weighted by molar-refractivity contribution is -0.00273. The molecule has 0 atom stereocenters. The molecule has 4 fully saturated rings. The zero-order chi connectivity index (χ0) is 12.3. The third-order valence-corrected chi connectivity index (χ3v) is 5.45. The highest BCUT2D eigenvalue weighted by atomic mass is 16.5. The van der Waals surface area contributed by atoms with Crippen LogP contribution in [-0.2, 0) is 0 Å². The van der Waals surface area contributed by atoms with Crippen LogP contribution in [0.25, 0.3) is 0 Å². The molecule has 0 spiro atoms. The van der Waals surface area contributed by atoms with Crippen LogP contribution in [0, 0.1) is 17.8 Å². The number of rotatable bonds is 2. The van der Waals surface area contributed by atoms with E-state index >= 15 is 0 Å². The molecular formula is C13H20N4O. The molecule has 98 valence electrons. The predicted molar refractivity (Wildman–Crippen MR) is 68.0 cm³/mol. The molecule has 5 rings (SSSR count). The first kappa shape index (κ1) is 10.6. The average Bonchev–Trinajstić information content (AvgIpc) is 2.73. The first-order chi connectivity index (χ1) is 8.64. The Bertz CT molecular complexity index is 434. The maximum absolute atomic E-state index is 5.54. The van der Waals surface area contributed by atoms with E-state index in [9.17, 15) is 0 Å². The molecule has 5 heteroatoms. The van der Waals surface area contributed by atoms with Gasteiger partial charge >= 0.3 is 6.01 Å². The van der Waals surface area contributed by atoms with Gasteiger partial charge in [-0.05, 0) is 61.4 Å². The highest BCUT2D eigenvalue weighted by Crippen LogP contribution is 2.57. The van der Waals surface area contributed by atoms with Crippen molar-refractivity contribution in [2.75, 3.05) is 17.7 Å². The van der Waals surface area contributed by atoms with Crippen molar-refractivity contribution in [2.45, 2.75) is 44.1 Å². The second kappa shape index (κ2) is 3.39. The summed E-state index contributed by atoms with van der Waals surface area (Å²) in [5.41, 5.74) is 5.81. The zero-order valence-electron chi connectivity index (χ0n) is 10.8. The van der Waals surface area contributed by atoms with Crippen LogP contribution in [0.1, 0.15) is 38.5 Å². The average molecular weight is 248 g/mol. The smallest absolute Gasteiger partial charge is 0.320 e. The van der Waals surface area contributed by atoms with Gasteiger partial charge in [0.15, 0.2) is 0 Å². The molecule has 0 saturated heterocycles. The molecular weight excluding hydrogens is 228 g/mol. The molecule has 0 radical (unpaired) electrons. The van der Waals surface area contributed by atoms with Gasteiger partial charge in [0, 0.05) is 12.6 Å². The Hall–Kier alpha value is -1.26. The van der Waals surface area contributed by atoms with Crippen LogP contribution in [0.3, 0.4) is 0 Å². The minimum absolute atomic E-state index is 0.168. The first-order valence-corrected chi connectivity index (χ1v) is 6.98. The number of nitrogens with zero attached hydrogens (tertiary/aromatic N) is 3. The van der Waals surface area contributed by atoms with E-state index in [4.69, 9.17) is 10.3 Å². The lowest BCUT2D eigenvalue weighted by Gasteiger charge is -2.59. The monoisotopic (exact) mass is 248 g/mol. The Morgan fingerprint density at radius 1 is 1.17 bits per heavy atom. The largest absolute Gasteiger partial charge is 0.351 e. The molecule has 1 aromatic heterocycles. The standard InChI is InChI=1S/C13H20N4O/c1-17(12-15-11(14)18-16-12)13-5-8-2-9(6-13)4-10(3-8)7-13/h8-10H,2-7H2,1H3,(H2,14,15,16). The van der Waals surface area contributed by atoms with Gasteiger partial charge in [-0.15, -0.1) is 0 Å². The molecule has 0 amide bonds. The highest BCUT2D eigenvalue weighted by molar-refractivity contribution is 5.37. The van der Waals surface area contributed by atoms with Crippen LogP contribution < -0.4 is 10.6 Å². The van der Waals surface area contributed by atoms with Gasteiger partial charge in [-0.25, -0.2) is 0 Å². The summed E-state index contributed by atoms with van der Waals surface area (Å²) in [6.07, 6.45) is 8.22. The van der Waals surface area contributed by atoms with Gasteiger partial charge in [0.05, 0.1) is 0 Å². The van der Waals surface area contributed by atoms with Gasteiger partial charge in [-0.3, -0.25) is 0 Å². The van der Waals surface area contributed by atoms with Gasteiger partial charge in [0.25, 0.3) is 5.95 Å². The van der Waals surface area contributed by atoms with E-state index in [1.165, 1.54) is 38.5 Å². The third-order valence-electron chi connectivity index (χ3n) is 5.45. The van der Waals surface area contributed by atoms with E-state index in [0.29, 0.717) is 5.95 Å². The Labute approximate surface area is 107 Å². The first-order valence-electron chi connectivity index (χ1n) is 6.98. The second-order valence-electron chi connectivity index (χ2n) is 6.63. The number of anilines is 2. The molecule has 4 saturated carbocycles. The number of nitrogen functional groups attached to an aromatic ring is 1. The van der Waals surface area contributed by atoms with Crippen molar-refractivity contribution in [1.29, 1.82) is 0 Å². The normalized spacial score (nSPS) is 41.3. The fraction of sp³-hybridized carbons (Fsp3) is 0.846. The molecule has 1 heterocycles. The van der Waals surface area contributed by atoms with Crippen LogP contribution in [-0.4, -0.2) is 22.7 Å². The Kier molecular flexibility index (Phi) is 2.01. The summed E-state index contributed by atoms with van der Waals surface area (Å²) in [5.74, 6) is 3.42. The fourth-order valence-corrected chi connectivity index (χ4v) is 5.05. The lowest BCUT2D eigenvalue weighted by atomic mass is 9.52. The van der Waals surface area contributed by atoms with Crippen LogP contribution >= 0.6 is 0 Å². The molecule has 4 aliphatic rings. The summed E-state index contributed by atoms with van der Waals surface area (Å²) in [6.45, 7) is 0. The van der Waals surface area contributed by atoms with Crippen LogP contribution in [0.2, 0.25) is 0 Å². The van der Waals surface area contributed by atoms with Gasteiger partial charge in [0.1, 0.15) is 0 Å². The molecule has 0 aromatic carbocycles. The molecule has 4 aliphatic carbocycles. The second-order valence-corrected chi connectivity index (χ2v) is 6.63. The number of nitrogens with two attached hydrogens (primary N) is 1. The third kappa shape index (κ3) is 1.39. The summed E-state index contributed by atoms with van der Waals surface area (Å²) in [7, 11) is 2.11. The summed E-state index contributed by atoms with van der Waals surface area (Å²) >= 11 is 0. The summed E-state index contributed by atoms with van der Waals surface area (Å²) < 4.78 is 4.92. The molecule has 5 nitrogen and oxygen atoms in total. The maximum Gasteiger partial charge on any atom is 0.320 e. The molecule has 0 aliphatic heterocycles. The molecule has 0 unspecified atom stereocenters. The van der Waals surface area contributed by atoms with Crippen molar-refractivity contribution < 1.29 is 4.52 Å².